The topological polar surface area (TPSA) is 105 Å². The highest BCUT2D eigenvalue weighted by atomic mass is 19.4. The molecule has 6 rings (SSSR count). The minimum Gasteiger partial charge on any atom is -0.488 e. The lowest BCUT2D eigenvalue weighted by molar-refractivity contribution is -0.137. The van der Waals surface area contributed by atoms with Crippen LogP contribution in [-0.4, -0.2) is 21.2 Å². The molecule has 1 heterocycles. The van der Waals surface area contributed by atoms with Crippen LogP contribution >= 0.6 is 0 Å². The molecule has 6 aromatic rings. The number of aromatic carboxylic acids is 1. The van der Waals surface area contributed by atoms with Gasteiger partial charge in [0.2, 0.25) is 0 Å². The average molecular weight is 691 g/mol. The van der Waals surface area contributed by atoms with E-state index >= 15 is 0 Å². The number of para-hydroxylation sites is 1. The number of benzene rings is 5. The number of ether oxygens (including phenoxy) is 1. The lowest BCUT2D eigenvalue weighted by atomic mass is 9.91. The van der Waals surface area contributed by atoms with E-state index in [0.29, 0.717) is 30.2 Å². The normalized spacial score (nSPS) is 12.2. The molecule has 0 bridgehead atoms. The SMILES string of the molecule is O=C(O)c1ccc(CC(C=Cc2ccccc2OCc2ccc(-c3ccc(C(F)(F)F)cc3)cc2)CCc2ccc(-c3noc(=O)[nH]3)cc2)cc1. The number of allylic oxidation sites excluding steroid dienone is 1. The number of nitrogens with zero attached hydrogens (tertiary/aromatic N) is 1. The van der Waals surface area contributed by atoms with Crippen LogP contribution in [0.5, 0.6) is 5.75 Å². The third-order valence-electron chi connectivity index (χ3n) is 8.53. The molecule has 258 valence electrons. The van der Waals surface area contributed by atoms with E-state index in [4.69, 9.17) is 4.74 Å². The van der Waals surface area contributed by atoms with Crippen LogP contribution in [0.1, 0.15) is 44.6 Å². The molecule has 0 spiro atoms. The third kappa shape index (κ3) is 9.30. The number of carboxylic acids is 1. The summed E-state index contributed by atoms with van der Waals surface area (Å²) in [6.45, 7) is 0.301. The average Bonchev–Trinajstić information content (AvgIpc) is 3.58. The Morgan fingerprint density at radius 1 is 0.804 bits per heavy atom. The van der Waals surface area contributed by atoms with Crippen LogP contribution in [0.3, 0.4) is 0 Å². The molecule has 2 N–H and O–H groups in total. The van der Waals surface area contributed by atoms with Crippen molar-refractivity contribution in [3.8, 4) is 28.3 Å². The van der Waals surface area contributed by atoms with Crippen LogP contribution in [0.15, 0.2) is 137 Å². The summed E-state index contributed by atoms with van der Waals surface area (Å²) in [5.74, 6) is -0.402. The molecular formula is C41H33F3N2O5. The van der Waals surface area contributed by atoms with E-state index in [1.54, 1.807) is 12.1 Å². The molecule has 0 fully saturated rings. The zero-order valence-electron chi connectivity index (χ0n) is 27.3. The molecule has 7 nitrogen and oxygen atoms in total. The molecule has 51 heavy (non-hydrogen) atoms. The number of nitrogens with one attached hydrogen (secondary N) is 1. The smallest absolute Gasteiger partial charge is 0.439 e. The Morgan fingerprint density at radius 3 is 2.04 bits per heavy atom. The van der Waals surface area contributed by atoms with Crippen LogP contribution in [0.2, 0.25) is 0 Å². The zero-order chi connectivity index (χ0) is 35.8. The second-order valence-corrected chi connectivity index (χ2v) is 12.1. The first kappa shape index (κ1) is 34.7. The van der Waals surface area contributed by atoms with E-state index in [0.717, 1.165) is 58.4 Å². The van der Waals surface area contributed by atoms with Crippen LogP contribution in [0, 0.1) is 5.92 Å². The molecule has 1 atom stereocenters. The highest BCUT2D eigenvalue weighted by Crippen LogP contribution is 2.31. The largest absolute Gasteiger partial charge is 0.488 e. The molecule has 0 radical (unpaired) electrons. The van der Waals surface area contributed by atoms with E-state index in [1.807, 2.05) is 91.0 Å². The number of H-pyrrole nitrogens is 1. The van der Waals surface area contributed by atoms with Gasteiger partial charge in [0, 0.05) is 11.1 Å². The monoisotopic (exact) mass is 690 g/mol. The summed E-state index contributed by atoms with van der Waals surface area (Å²) in [5, 5.41) is 13.1. The summed E-state index contributed by atoms with van der Waals surface area (Å²) >= 11 is 0. The number of aromatic amines is 1. The molecule has 0 saturated carbocycles. The Hall–Kier alpha value is -6.16. The number of alkyl halides is 3. The van der Waals surface area contributed by atoms with Gasteiger partial charge in [0.25, 0.3) is 0 Å². The first-order valence-corrected chi connectivity index (χ1v) is 16.2. The van der Waals surface area contributed by atoms with E-state index in [2.05, 4.69) is 20.7 Å². The minimum atomic E-state index is -4.38. The van der Waals surface area contributed by atoms with Crippen molar-refractivity contribution in [3.63, 3.8) is 0 Å². The maximum Gasteiger partial charge on any atom is 0.439 e. The highest BCUT2D eigenvalue weighted by molar-refractivity contribution is 5.87. The van der Waals surface area contributed by atoms with Gasteiger partial charge in [-0.1, -0.05) is 108 Å². The molecule has 10 heteroatoms. The lowest BCUT2D eigenvalue weighted by Gasteiger charge is -2.15. The van der Waals surface area contributed by atoms with Gasteiger partial charge in [0.1, 0.15) is 12.4 Å². The van der Waals surface area contributed by atoms with Gasteiger partial charge in [-0.25, -0.2) is 9.59 Å². The van der Waals surface area contributed by atoms with E-state index in [9.17, 15) is 27.9 Å². The van der Waals surface area contributed by atoms with Crippen molar-refractivity contribution in [1.29, 1.82) is 0 Å². The van der Waals surface area contributed by atoms with Gasteiger partial charge in [-0.2, -0.15) is 13.2 Å². The van der Waals surface area contributed by atoms with Gasteiger partial charge in [0.05, 0.1) is 11.1 Å². The van der Waals surface area contributed by atoms with Crippen LogP contribution < -0.4 is 10.5 Å². The molecule has 0 amide bonds. The predicted octanol–water partition coefficient (Wildman–Crippen LogP) is 9.50. The number of aromatic nitrogens is 2. The van der Waals surface area contributed by atoms with E-state index < -0.39 is 23.5 Å². The van der Waals surface area contributed by atoms with Crippen molar-refractivity contribution in [2.24, 2.45) is 5.92 Å². The number of carbonyl (C=O) groups is 1. The standard InChI is InChI=1S/C41H33F3N2O5/c42-41(43,44)36-23-21-32(22-24-36)31-14-12-30(13-15-31)26-50-37-4-2-1-3-33(37)16-9-28(25-29-10-19-35(20-11-29)39(47)48)6-5-27-7-17-34(18-8-27)38-45-40(49)51-46-38/h1-4,7-24,28H,5-6,25-26H2,(H,47,48)(H,45,46,49). The molecule has 0 aliphatic carbocycles. The summed E-state index contributed by atoms with van der Waals surface area (Å²) in [4.78, 5) is 25.3. The summed E-state index contributed by atoms with van der Waals surface area (Å²) in [6, 6.07) is 35.0. The quantitative estimate of drug-likeness (QED) is 0.125. The summed E-state index contributed by atoms with van der Waals surface area (Å²) < 4.78 is 49.7. The molecule has 5 aromatic carbocycles. The number of hydrogen-bond donors (Lipinski definition) is 2. The maximum absolute atomic E-state index is 12.9. The maximum atomic E-state index is 12.9. The number of hydrogen-bond acceptors (Lipinski definition) is 5. The third-order valence-corrected chi connectivity index (χ3v) is 8.53. The number of halogens is 3. The summed E-state index contributed by atoms with van der Waals surface area (Å²) in [7, 11) is 0. The number of carboxylic acid groups (broad SMARTS) is 1. The van der Waals surface area contributed by atoms with Gasteiger partial charge in [-0.3, -0.25) is 9.51 Å². The van der Waals surface area contributed by atoms with E-state index in [1.165, 1.54) is 12.1 Å². The fraction of sp³-hybridized carbons (Fsp3) is 0.146. The lowest BCUT2D eigenvalue weighted by Crippen LogP contribution is -2.05. The second-order valence-electron chi connectivity index (χ2n) is 12.1. The fourth-order valence-corrected chi connectivity index (χ4v) is 5.68. The number of rotatable bonds is 13. The van der Waals surface area contributed by atoms with Crippen molar-refractivity contribution < 1.29 is 32.3 Å². The molecule has 1 aromatic heterocycles. The molecular weight excluding hydrogens is 657 g/mol. The van der Waals surface area contributed by atoms with Crippen molar-refractivity contribution in [2.45, 2.75) is 32.0 Å². The summed E-state index contributed by atoms with van der Waals surface area (Å²) in [5.41, 5.74) is 5.73. The summed E-state index contributed by atoms with van der Waals surface area (Å²) in [6.07, 6.45) is 2.11. The Morgan fingerprint density at radius 2 is 1.41 bits per heavy atom. The van der Waals surface area contributed by atoms with Gasteiger partial charge in [-0.15, -0.1) is 0 Å². The van der Waals surface area contributed by atoms with Crippen molar-refractivity contribution >= 4 is 12.0 Å². The first-order chi connectivity index (χ1) is 24.6. The fourth-order valence-electron chi connectivity index (χ4n) is 5.68. The van der Waals surface area contributed by atoms with Gasteiger partial charge < -0.3 is 9.84 Å². The minimum absolute atomic E-state index is 0.109. The molecule has 0 aliphatic rings. The molecule has 1 unspecified atom stereocenters. The van der Waals surface area contributed by atoms with Crippen molar-refractivity contribution in [2.75, 3.05) is 0 Å². The van der Waals surface area contributed by atoms with E-state index in [-0.39, 0.29) is 11.5 Å². The predicted molar refractivity (Wildman–Crippen MR) is 188 cm³/mol. The van der Waals surface area contributed by atoms with Gasteiger partial charge >= 0.3 is 17.9 Å². The van der Waals surface area contributed by atoms with Gasteiger partial charge in [0.15, 0.2) is 5.82 Å². The van der Waals surface area contributed by atoms with Crippen LogP contribution in [0.4, 0.5) is 13.2 Å². The second kappa shape index (κ2) is 15.6. The Labute approximate surface area is 291 Å². The Kier molecular flexibility index (Phi) is 10.6. The number of aryl methyl sites for hydroxylation is 1. The highest BCUT2D eigenvalue weighted by Gasteiger charge is 2.30. The molecule has 0 aliphatic heterocycles. The van der Waals surface area contributed by atoms with Gasteiger partial charge in [-0.05, 0) is 83.3 Å². The molecule has 0 saturated heterocycles. The van der Waals surface area contributed by atoms with Crippen LogP contribution in [0.25, 0.3) is 28.6 Å². The Bertz CT molecular complexity index is 2150. The van der Waals surface area contributed by atoms with Crippen LogP contribution in [-0.2, 0) is 25.6 Å². The Balaban J connectivity index is 1.13. The van der Waals surface area contributed by atoms with Crippen molar-refractivity contribution in [1.82, 2.24) is 10.1 Å². The first-order valence-electron chi connectivity index (χ1n) is 16.2. The zero-order valence-corrected chi connectivity index (χ0v) is 27.3. The van der Waals surface area contributed by atoms with Crippen molar-refractivity contribution in [3.05, 3.63) is 171 Å².